The Kier molecular flexibility index (Phi) is 4.23. The number of likely N-dealkylation sites (tertiary alicyclic amines) is 1. The van der Waals surface area contributed by atoms with Gasteiger partial charge in [0.15, 0.2) is 0 Å². The summed E-state index contributed by atoms with van der Waals surface area (Å²) >= 11 is 1.64. The van der Waals surface area contributed by atoms with Crippen molar-refractivity contribution in [3.05, 3.63) is 10.6 Å². The minimum Gasteiger partial charge on any atom is -0.477 e. The second-order valence-corrected chi connectivity index (χ2v) is 8.92. The standard InChI is InChI=1S/C16H24N2O4S/c1-9(19)13-11-8-12(14(16(21)22)17(11)15(13)20)23-10-4-6-18(2,3)7-5-10/h9-11,13,19H,4-8H2,1-3H3/p+1/t9-,11-,13-/m1/s1. The number of carboxylic acids is 1. The molecule has 6 nitrogen and oxygen atoms in total. The molecule has 2 fully saturated rings. The van der Waals surface area contributed by atoms with Crippen LogP contribution in [0.2, 0.25) is 0 Å². The molecule has 3 aliphatic heterocycles. The molecule has 3 rings (SSSR count). The molecule has 2 saturated heterocycles. The molecule has 0 aromatic rings. The third-order valence-electron chi connectivity index (χ3n) is 5.31. The number of aliphatic carboxylic acids is 1. The second-order valence-electron chi connectivity index (χ2n) is 7.52. The van der Waals surface area contributed by atoms with E-state index >= 15 is 0 Å². The smallest absolute Gasteiger partial charge is 0.353 e. The molecule has 2 N–H and O–H groups in total. The van der Waals surface area contributed by atoms with Crippen molar-refractivity contribution in [2.24, 2.45) is 5.92 Å². The lowest BCUT2D eigenvalue weighted by molar-refractivity contribution is -0.894. The minimum atomic E-state index is -1.03. The van der Waals surface area contributed by atoms with Crippen LogP contribution in [0.3, 0.4) is 0 Å². The highest BCUT2D eigenvalue weighted by Gasteiger charge is 2.57. The molecule has 128 valence electrons. The van der Waals surface area contributed by atoms with Gasteiger partial charge in [0.25, 0.3) is 0 Å². The number of quaternary nitrogens is 1. The van der Waals surface area contributed by atoms with Crippen LogP contribution in [-0.2, 0) is 9.59 Å². The lowest BCUT2D eigenvalue weighted by Gasteiger charge is -2.44. The second kappa shape index (κ2) is 5.79. The summed E-state index contributed by atoms with van der Waals surface area (Å²) in [5, 5.41) is 19.7. The molecule has 3 aliphatic rings. The Morgan fingerprint density at radius 1 is 1.35 bits per heavy atom. The van der Waals surface area contributed by atoms with E-state index in [9.17, 15) is 19.8 Å². The predicted molar refractivity (Wildman–Crippen MR) is 87.5 cm³/mol. The number of hydrogen-bond acceptors (Lipinski definition) is 4. The van der Waals surface area contributed by atoms with Crippen molar-refractivity contribution in [2.45, 2.75) is 43.6 Å². The maximum Gasteiger partial charge on any atom is 0.353 e. The summed E-state index contributed by atoms with van der Waals surface area (Å²) in [6.07, 6.45) is 1.97. The molecule has 7 heteroatoms. The fourth-order valence-electron chi connectivity index (χ4n) is 3.90. The Bertz CT molecular complexity index is 562. The maximum atomic E-state index is 12.2. The maximum absolute atomic E-state index is 12.2. The van der Waals surface area contributed by atoms with E-state index in [0.717, 1.165) is 35.3 Å². The van der Waals surface area contributed by atoms with E-state index in [-0.39, 0.29) is 17.6 Å². The number of β-lactam (4-membered cyclic amide) rings is 1. The van der Waals surface area contributed by atoms with E-state index in [4.69, 9.17) is 0 Å². The zero-order valence-corrected chi connectivity index (χ0v) is 14.7. The van der Waals surface area contributed by atoms with Gasteiger partial charge in [-0.15, -0.1) is 11.8 Å². The van der Waals surface area contributed by atoms with Gasteiger partial charge in [-0.3, -0.25) is 4.79 Å². The predicted octanol–water partition coefficient (Wildman–Crippen LogP) is 0.866. The van der Waals surface area contributed by atoms with Gasteiger partial charge in [-0.1, -0.05) is 0 Å². The Morgan fingerprint density at radius 3 is 2.48 bits per heavy atom. The highest BCUT2D eigenvalue weighted by molar-refractivity contribution is 8.03. The quantitative estimate of drug-likeness (QED) is 0.586. The van der Waals surface area contributed by atoms with Gasteiger partial charge in [0.1, 0.15) is 5.70 Å². The summed E-state index contributed by atoms with van der Waals surface area (Å²) < 4.78 is 1.01. The molecule has 3 heterocycles. The lowest BCUT2D eigenvalue weighted by Crippen LogP contribution is -2.61. The number of carbonyl (C=O) groups is 2. The first-order chi connectivity index (χ1) is 10.7. The van der Waals surface area contributed by atoms with Crippen LogP contribution in [0.25, 0.3) is 0 Å². The average Bonchev–Trinajstić information content (AvgIpc) is 2.75. The van der Waals surface area contributed by atoms with Crippen molar-refractivity contribution in [1.82, 2.24) is 4.90 Å². The molecule has 3 atom stereocenters. The van der Waals surface area contributed by atoms with E-state index in [1.54, 1.807) is 18.7 Å². The van der Waals surface area contributed by atoms with Crippen LogP contribution in [0, 0.1) is 5.92 Å². The molecule has 0 saturated carbocycles. The fraction of sp³-hybridized carbons (Fsp3) is 0.750. The lowest BCUT2D eigenvalue weighted by atomic mass is 9.83. The first-order valence-corrected chi connectivity index (χ1v) is 9.05. The molecule has 0 aliphatic carbocycles. The first-order valence-electron chi connectivity index (χ1n) is 8.17. The molecule has 0 spiro atoms. The third-order valence-corrected chi connectivity index (χ3v) is 6.76. The Labute approximate surface area is 140 Å². The van der Waals surface area contributed by atoms with Gasteiger partial charge in [-0.2, -0.15) is 0 Å². The molecular formula is C16H25N2O4S+. The van der Waals surface area contributed by atoms with Crippen molar-refractivity contribution >= 4 is 23.6 Å². The molecule has 0 aromatic carbocycles. The minimum absolute atomic E-state index is 0.154. The summed E-state index contributed by atoms with van der Waals surface area (Å²) in [6, 6.07) is -0.174. The van der Waals surface area contributed by atoms with E-state index in [2.05, 4.69) is 14.1 Å². The largest absolute Gasteiger partial charge is 0.477 e. The number of piperidine rings is 1. The molecule has 0 unspecified atom stereocenters. The summed E-state index contributed by atoms with van der Waals surface area (Å²) in [6.45, 7) is 3.79. The van der Waals surface area contributed by atoms with Crippen LogP contribution >= 0.6 is 11.8 Å². The molecule has 23 heavy (non-hydrogen) atoms. The fourth-order valence-corrected chi connectivity index (χ4v) is 5.31. The van der Waals surface area contributed by atoms with Crippen molar-refractivity contribution in [3.8, 4) is 0 Å². The van der Waals surface area contributed by atoms with Crippen molar-refractivity contribution < 1.29 is 24.3 Å². The molecular weight excluding hydrogens is 316 g/mol. The molecule has 0 bridgehead atoms. The number of rotatable bonds is 4. The summed E-state index contributed by atoms with van der Waals surface area (Å²) in [5.41, 5.74) is 0.154. The third kappa shape index (κ3) is 2.90. The normalized spacial score (nSPS) is 31.8. The van der Waals surface area contributed by atoms with Crippen LogP contribution in [0.4, 0.5) is 0 Å². The number of hydrogen-bond donors (Lipinski definition) is 2. The summed E-state index contributed by atoms with van der Waals surface area (Å²) in [5.74, 6) is -1.73. The highest BCUT2D eigenvalue weighted by Crippen LogP contribution is 2.48. The number of amides is 1. The van der Waals surface area contributed by atoms with Gasteiger partial charge in [0.05, 0.1) is 45.2 Å². The number of carbonyl (C=O) groups excluding carboxylic acids is 1. The SMILES string of the molecule is C[C@@H](O)[C@H]1C(=O)N2C(C(=O)O)=C(SC3CC[N+](C)(C)CC3)C[C@H]12. The van der Waals surface area contributed by atoms with Crippen molar-refractivity contribution in [1.29, 1.82) is 0 Å². The van der Waals surface area contributed by atoms with E-state index in [1.165, 1.54) is 4.90 Å². The first kappa shape index (κ1) is 16.8. The van der Waals surface area contributed by atoms with E-state index in [1.807, 2.05) is 0 Å². The molecule has 1 amide bonds. The van der Waals surface area contributed by atoms with Crippen LogP contribution < -0.4 is 0 Å². The monoisotopic (exact) mass is 341 g/mol. The number of thioether (sulfide) groups is 1. The summed E-state index contributed by atoms with van der Waals surface area (Å²) in [4.78, 5) is 26.0. The topological polar surface area (TPSA) is 77.8 Å². The number of aliphatic hydroxyl groups excluding tert-OH is 1. The van der Waals surface area contributed by atoms with Gasteiger partial charge in [-0.05, 0) is 6.92 Å². The van der Waals surface area contributed by atoms with Gasteiger partial charge in [-0.25, -0.2) is 4.79 Å². The number of fused-ring (bicyclic) bond motifs is 1. The molecule has 0 aromatic heterocycles. The number of nitrogens with zero attached hydrogens (tertiary/aromatic N) is 2. The van der Waals surface area contributed by atoms with Crippen LogP contribution in [0.5, 0.6) is 0 Å². The zero-order chi connectivity index (χ0) is 16.9. The van der Waals surface area contributed by atoms with Crippen molar-refractivity contribution in [3.63, 3.8) is 0 Å². The van der Waals surface area contributed by atoms with Gasteiger partial charge in [0, 0.05) is 29.4 Å². The van der Waals surface area contributed by atoms with E-state index in [0.29, 0.717) is 11.7 Å². The van der Waals surface area contributed by atoms with Crippen molar-refractivity contribution in [2.75, 3.05) is 27.2 Å². The Balaban J connectivity index is 1.74. The van der Waals surface area contributed by atoms with Gasteiger partial charge >= 0.3 is 5.97 Å². The van der Waals surface area contributed by atoms with Gasteiger partial charge < -0.3 is 19.6 Å². The molecule has 0 radical (unpaired) electrons. The van der Waals surface area contributed by atoms with Crippen LogP contribution in [-0.4, -0.2) is 76.1 Å². The zero-order valence-electron chi connectivity index (χ0n) is 13.9. The highest BCUT2D eigenvalue weighted by atomic mass is 32.2. The van der Waals surface area contributed by atoms with Crippen LogP contribution in [0.15, 0.2) is 10.6 Å². The Morgan fingerprint density at radius 2 is 1.96 bits per heavy atom. The van der Waals surface area contributed by atoms with Crippen LogP contribution in [0.1, 0.15) is 26.2 Å². The van der Waals surface area contributed by atoms with E-state index < -0.39 is 18.0 Å². The Hall–Kier alpha value is -1.05. The average molecular weight is 341 g/mol. The number of carboxylic acid groups (broad SMARTS) is 1. The number of aliphatic hydroxyl groups is 1. The van der Waals surface area contributed by atoms with Gasteiger partial charge in [0.2, 0.25) is 5.91 Å². The summed E-state index contributed by atoms with van der Waals surface area (Å²) in [7, 11) is 4.44.